The maximum absolute atomic E-state index is 14.2. The quantitative estimate of drug-likeness (QED) is 0.117. The van der Waals surface area contributed by atoms with Gasteiger partial charge in [0.05, 0.1) is 16.3 Å². The molecule has 50 heavy (non-hydrogen) atoms. The number of pyridine rings is 2. The van der Waals surface area contributed by atoms with Crippen molar-refractivity contribution in [2.24, 2.45) is 0 Å². The first-order valence-corrected chi connectivity index (χ1v) is 19.0. The van der Waals surface area contributed by atoms with E-state index in [1.54, 1.807) is 30.6 Å². The Morgan fingerprint density at radius 3 is 1.32 bits per heavy atom. The van der Waals surface area contributed by atoms with Crippen LogP contribution in [0.3, 0.4) is 0 Å². The third kappa shape index (κ3) is 8.52. The predicted octanol–water partition coefficient (Wildman–Crippen LogP) is 9.41. The van der Waals surface area contributed by atoms with E-state index in [0.29, 0.717) is 31.9 Å². The normalized spacial score (nSPS) is 12.2. The molecule has 0 fully saturated rings. The van der Waals surface area contributed by atoms with Crippen molar-refractivity contribution < 1.29 is 26.3 Å². The second kappa shape index (κ2) is 15.2. The van der Waals surface area contributed by atoms with Gasteiger partial charge in [0.15, 0.2) is 0 Å². The zero-order chi connectivity index (χ0) is 35.0. The van der Waals surface area contributed by atoms with Crippen LogP contribution in [0.2, 0.25) is 0 Å². The second-order valence-corrected chi connectivity index (χ2v) is 16.7. The summed E-state index contributed by atoms with van der Waals surface area (Å²) in [5, 5.41) is 0. The number of hydrogen-bond acceptors (Lipinski definition) is 8. The van der Waals surface area contributed by atoms with Gasteiger partial charge < -0.3 is 14.2 Å². The summed E-state index contributed by atoms with van der Waals surface area (Å²) < 4.78 is 53.1. The van der Waals surface area contributed by atoms with Gasteiger partial charge in [-0.1, -0.05) is 30.3 Å². The van der Waals surface area contributed by atoms with Gasteiger partial charge in [0.2, 0.25) is 0 Å². The fourth-order valence-electron chi connectivity index (χ4n) is 5.08. The Bertz CT molecular complexity index is 1990. The van der Waals surface area contributed by atoms with Crippen LogP contribution in [0.4, 0.5) is 0 Å². The smallest absolute Gasteiger partial charge is 0.307 e. The SMILES string of the molecule is CC(C)(C)Oc1ccc(S(OS(=O)(=O)c2ccccc2)(c2ccc(OCc3ccccn3)cc2)c2ccc(OCc3ccccn3)cc2)cc1. The van der Waals surface area contributed by atoms with Crippen molar-refractivity contribution >= 4 is 20.4 Å². The number of hydrogen-bond donors (Lipinski definition) is 0. The van der Waals surface area contributed by atoms with E-state index in [1.165, 1.54) is 12.1 Å². The summed E-state index contributed by atoms with van der Waals surface area (Å²) in [4.78, 5) is 10.7. The van der Waals surface area contributed by atoms with Gasteiger partial charge in [0.25, 0.3) is 0 Å². The van der Waals surface area contributed by atoms with E-state index in [1.807, 2.05) is 130 Å². The topological polar surface area (TPSA) is 96.8 Å². The molecule has 0 radical (unpaired) electrons. The lowest BCUT2D eigenvalue weighted by atomic mass is 10.2. The first-order valence-electron chi connectivity index (χ1n) is 16.0. The van der Waals surface area contributed by atoms with Gasteiger partial charge in [-0.25, -0.2) is 3.63 Å². The molecule has 0 spiro atoms. The predicted molar refractivity (Wildman–Crippen MR) is 194 cm³/mol. The molecule has 6 aromatic rings. The van der Waals surface area contributed by atoms with Crippen molar-refractivity contribution in [3.63, 3.8) is 0 Å². The molecule has 0 unspecified atom stereocenters. The van der Waals surface area contributed by atoms with Crippen LogP contribution in [0, 0.1) is 0 Å². The first kappa shape index (κ1) is 34.7. The standard InChI is InChI=1S/C40H38N2O6S2/c1-40(2,3)47-35-19-25-38(26-20-35)49(48-50(43,44)39-13-5-4-6-14-39,36-21-15-33(16-22-36)45-29-31-11-7-9-27-41-31)37-23-17-34(18-24-37)46-30-32-12-8-10-28-42-32/h4-28H,29-30H2,1-3H3. The van der Waals surface area contributed by atoms with Crippen LogP contribution in [0.5, 0.6) is 17.2 Å². The van der Waals surface area contributed by atoms with Gasteiger partial charge >= 0.3 is 10.1 Å². The molecule has 0 aliphatic heterocycles. The van der Waals surface area contributed by atoms with E-state index in [0.717, 1.165) is 11.4 Å². The second-order valence-electron chi connectivity index (χ2n) is 12.2. The summed E-state index contributed by atoms with van der Waals surface area (Å²) in [7, 11) is -7.23. The highest BCUT2D eigenvalue weighted by molar-refractivity contribution is 8.33. The zero-order valence-electron chi connectivity index (χ0n) is 28.0. The van der Waals surface area contributed by atoms with E-state index in [-0.39, 0.29) is 18.1 Å². The number of aromatic nitrogens is 2. The molecule has 0 atom stereocenters. The molecule has 0 amide bonds. The Kier molecular flexibility index (Phi) is 10.5. The molecule has 6 rings (SSSR count). The van der Waals surface area contributed by atoms with E-state index >= 15 is 0 Å². The summed E-state index contributed by atoms with van der Waals surface area (Å²) >= 11 is 0. The highest BCUT2D eigenvalue weighted by Gasteiger charge is 2.38. The molecule has 4 aromatic carbocycles. The Morgan fingerprint density at radius 1 is 0.500 bits per heavy atom. The third-order valence-corrected chi connectivity index (χ3v) is 12.5. The molecule has 2 heterocycles. The molecule has 256 valence electrons. The molecule has 0 aliphatic carbocycles. The van der Waals surface area contributed by atoms with Crippen molar-refractivity contribution in [1.82, 2.24) is 9.97 Å². The lowest BCUT2D eigenvalue weighted by molar-refractivity contribution is 0.131. The molecule has 10 heteroatoms. The molecule has 0 N–H and O–H groups in total. The van der Waals surface area contributed by atoms with Crippen LogP contribution in [0.15, 0.2) is 172 Å². The van der Waals surface area contributed by atoms with E-state index in [4.69, 9.17) is 17.8 Å². The van der Waals surface area contributed by atoms with Gasteiger partial charge in [0.1, 0.15) is 36.1 Å². The maximum atomic E-state index is 14.2. The number of benzene rings is 4. The molecular weight excluding hydrogens is 669 g/mol. The number of rotatable bonds is 13. The van der Waals surface area contributed by atoms with Gasteiger partial charge in [-0.3, -0.25) is 9.97 Å². The lowest BCUT2D eigenvalue weighted by Gasteiger charge is -2.39. The third-order valence-electron chi connectivity index (χ3n) is 7.34. The maximum Gasteiger partial charge on any atom is 0.307 e. The van der Waals surface area contributed by atoms with Gasteiger partial charge in [0, 0.05) is 27.1 Å². The molecule has 0 bridgehead atoms. The molecular formula is C40H38N2O6S2. The van der Waals surface area contributed by atoms with Crippen molar-refractivity contribution in [3.05, 3.63) is 163 Å². The zero-order valence-corrected chi connectivity index (χ0v) is 29.6. The molecule has 0 saturated heterocycles. The summed E-state index contributed by atoms with van der Waals surface area (Å²) in [6.45, 7) is 6.49. The fourth-order valence-corrected chi connectivity index (χ4v) is 10.3. The Balaban J connectivity index is 1.45. The summed E-state index contributed by atoms with van der Waals surface area (Å²) in [6, 6.07) is 41.6. The molecule has 2 aromatic heterocycles. The van der Waals surface area contributed by atoms with Gasteiger partial charge in [-0.15, -0.1) is 0 Å². The Hall–Kier alpha value is -5.16. The highest BCUT2D eigenvalue weighted by Crippen LogP contribution is 2.70. The van der Waals surface area contributed by atoms with Crippen LogP contribution < -0.4 is 14.2 Å². The number of nitrogens with zero attached hydrogens (tertiary/aromatic N) is 2. The van der Waals surface area contributed by atoms with E-state index in [2.05, 4.69) is 9.97 Å². The summed E-state index contributed by atoms with van der Waals surface area (Å²) in [5.41, 5.74) is 1.16. The van der Waals surface area contributed by atoms with Crippen molar-refractivity contribution in [3.8, 4) is 17.2 Å². The van der Waals surface area contributed by atoms with Crippen molar-refractivity contribution in [2.75, 3.05) is 0 Å². The van der Waals surface area contributed by atoms with E-state index in [9.17, 15) is 8.42 Å². The number of ether oxygens (including phenoxy) is 3. The Labute approximate surface area is 295 Å². The Morgan fingerprint density at radius 2 is 0.920 bits per heavy atom. The average molecular weight is 707 g/mol. The minimum atomic E-state index is -4.29. The first-order chi connectivity index (χ1) is 24.1. The van der Waals surface area contributed by atoms with Gasteiger partial charge in [-0.2, -0.15) is 8.42 Å². The van der Waals surface area contributed by atoms with Gasteiger partial charge in [-0.05, 0) is 140 Å². The van der Waals surface area contributed by atoms with Crippen LogP contribution in [-0.4, -0.2) is 24.0 Å². The molecule has 0 aliphatic rings. The average Bonchev–Trinajstić information content (AvgIpc) is 3.14. The molecule has 0 saturated carbocycles. The van der Waals surface area contributed by atoms with Crippen molar-refractivity contribution in [2.45, 2.75) is 59.2 Å². The monoisotopic (exact) mass is 706 g/mol. The minimum Gasteiger partial charge on any atom is -0.488 e. The largest absolute Gasteiger partial charge is 0.488 e. The fraction of sp³-hybridized carbons (Fsp3) is 0.150. The highest BCUT2D eigenvalue weighted by atomic mass is 32.3. The lowest BCUT2D eigenvalue weighted by Crippen LogP contribution is -2.22. The van der Waals surface area contributed by atoms with Crippen LogP contribution in [0.1, 0.15) is 32.2 Å². The summed E-state index contributed by atoms with van der Waals surface area (Å²) in [6.07, 6.45) is 3.44. The van der Waals surface area contributed by atoms with Crippen LogP contribution >= 0.6 is 10.3 Å². The van der Waals surface area contributed by atoms with Crippen molar-refractivity contribution in [1.29, 1.82) is 0 Å². The van der Waals surface area contributed by atoms with E-state index < -0.39 is 26.0 Å². The van der Waals surface area contributed by atoms with Crippen LogP contribution in [0.25, 0.3) is 0 Å². The minimum absolute atomic E-state index is 0.0511. The molecule has 8 nitrogen and oxygen atoms in total. The van der Waals surface area contributed by atoms with Crippen LogP contribution in [-0.2, 0) is 27.0 Å². The summed E-state index contributed by atoms with van der Waals surface area (Å²) in [5.74, 6) is 1.86.